The molecule has 0 fully saturated rings. The summed E-state index contributed by atoms with van der Waals surface area (Å²) in [6.45, 7) is 3.10. The summed E-state index contributed by atoms with van der Waals surface area (Å²) in [5, 5.41) is 11.5. The predicted octanol–water partition coefficient (Wildman–Crippen LogP) is 4.28. The van der Waals surface area contributed by atoms with Gasteiger partial charge in [0.05, 0.1) is 10.5 Å². The molecule has 0 saturated carbocycles. The van der Waals surface area contributed by atoms with E-state index in [4.69, 9.17) is 22.1 Å². The molecule has 1 heterocycles. The van der Waals surface area contributed by atoms with E-state index in [0.29, 0.717) is 16.3 Å². The van der Waals surface area contributed by atoms with Crippen molar-refractivity contribution in [2.75, 3.05) is 12.3 Å². The van der Waals surface area contributed by atoms with Crippen LogP contribution in [0.5, 0.6) is 0 Å². The number of halogens is 1. The number of hydrogen-bond donors (Lipinski definition) is 1. The molecule has 1 aromatic heterocycles. The van der Waals surface area contributed by atoms with E-state index in [1.54, 1.807) is 25.1 Å². The smallest absolute Gasteiger partial charge is 0.340 e. The van der Waals surface area contributed by atoms with Gasteiger partial charge in [0.15, 0.2) is 6.61 Å². The Labute approximate surface area is 177 Å². The number of benzene rings is 2. The zero-order valence-corrected chi connectivity index (χ0v) is 17.0. The minimum atomic E-state index is -0.909. The molecule has 0 saturated heterocycles. The summed E-state index contributed by atoms with van der Waals surface area (Å²) in [6, 6.07) is 12.4. The molecule has 0 amide bonds. The number of nitro benzene ring substituents is 1. The standard InChI is InChI=1S/C21H18ClN3O5/c1-12-8-17(13(2)24(12)15-5-3-4-14(22)9-15)20(26)11-30-21(27)18-10-16(25(28)29)6-7-19(18)23/h3-10H,11,23H2,1-2H3. The molecule has 0 aliphatic carbocycles. The first-order valence-electron chi connectivity index (χ1n) is 8.88. The van der Waals surface area contributed by atoms with Gasteiger partial charge in [0, 0.05) is 45.5 Å². The summed E-state index contributed by atoms with van der Waals surface area (Å²) in [7, 11) is 0. The van der Waals surface area contributed by atoms with Crippen LogP contribution in [0.3, 0.4) is 0 Å². The van der Waals surface area contributed by atoms with Crippen molar-refractivity contribution in [3.63, 3.8) is 0 Å². The summed E-state index contributed by atoms with van der Waals surface area (Å²) in [5.74, 6) is -1.32. The quantitative estimate of drug-likeness (QED) is 0.206. The number of nitro groups is 1. The molecule has 0 aliphatic rings. The maximum atomic E-state index is 12.7. The van der Waals surface area contributed by atoms with Crippen molar-refractivity contribution in [1.29, 1.82) is 0 Å². The van der Waals surface area contributed by atoms with E-state index >= 15 is 0 Å². The number of nitrogen functional groups attached to an aromatic ring is 1. The van der Waals surface area contributed by atoms with E-state index in [-0.39, 0.29) is 16.9 Å². The third kappa shape index (κ3) is 4.18. The Bertz CT molecular complexity index is 1170. The maximum absolute atomic E-state index is 12.7. The molecule has 0 atom stereocenters. The summed E-state index contributed by atoms with van der Waals surface area (Å²) in [6.07, 6.45) is 0. The lowest BCUT2D eigenvalue weighted by Gasteiger charge is -2.10. The molecule has 0 spiro atoms. The minimum absolute atomic E-state index is 0.0252. The summed E-state index contributed by atoms with van der Waals surface area (Å²) < 4.78 is 6.94. The molecule has 3 rings (SSSR count). The Balaban J connectivity index is 1.79. The van der Waals surface area contributed by atoms with Crippen LogP contribution >= 0.6 is 11.6 Å². The van der Waals surface area contributed by atoms with Gasteiger partial charge in [-0.15, -0.1) is 0 Å². The fourth-order valence-electron chi connectivity index (χ4n) is 3.18. The number of Topliss-reactive ketones (excluding diaryl/α,β-unsaturated/α-hetero) is 1. The molecule has 0 radical (unpaired) electrons. The molecule has 0 aliphatic heterocycles. The summed E-state index contributed by atoms with van der Waals surface area (Å²) in [5.41, 5.74) is 7.95. The lowest BCUT2D eigenvalue weighted by atomic mass is 10.1. The van der Waals surface area contributed by atoms with Crippen LogP contribution in [0.4, 0.5) is 11.4 Å². The van der Waals surface area contributed by atoms with E-state index in [1.807, 2.05) is 23.6 Å². The first-order valence-corrected chi connectivity index (χ1v) is 9.26. The monoisotopic (exact) mass is 427 g/mol. The number of carbonyl (C=O) groups is 2. The molecule has 0 unspecified atom stereocenters. The van der Waals surface area contributed by atoms with Gasteiger partial charge in [-0.1, -0.05) is 17.7 Å². The highest BCUT2D eigenvalue weighted by molar-refractivity contribution is 6.30. The number of ketones is 1. The first kappa shape index (κ1) is 21.1. The van der Waals surface area contributed by atoms with Crippen LogP contribution in [0.15, 0.2) is 48.5 Å². The second-order valence-corrected chi connectivity index (χ2v) is 7.06. The number of nitrogens with two attached hydrogens (primary N) is 1. The van der Waals surface area contributed by atoms with Gasteiger partial charge in [-0.25, -0.2) is 4.79 Å². The average molecular weight is 428 g/mol. The van der Waals surface area contributed by atoms with E-state index in [9.17, 15) is 19.7 Å². The molecule has 9 heteroatoms. The zero-order valence-electron chi connectivity index (χ0n) is 16.2. The minimum Gasteiger partial charge on any atom is -0.454 e. The molecular weight excluding hydrogens is 410 g/mol. The van der Waals surface area contributed by atoms with Gasteiger partial charge in [0.1, 0.15) is 0 Å². The number of rotatable bonds is 6. The Kier molecular flexibility index (Phi) is 5.89. The Morgan fingerprint density at radius 2 is 1.87 bits per heavy atom. The highest BCUT2D eigenvalue weighted by Crippen LogP contribution is 2.24. The molecule has 8 nitrogen and oxygen atoms in total. The third-order valence-corrected chi connectivity index (χ3v) is 4.84. The number of hydrogen-bond acceptors (Lipinski definition) is 6. The molecular formula is C21H18ClN3O5. The van der Waals surface area contributed by atoms with Crippen molar-refractivity contribution < 1.29 is 19.2 Å². The molecule has 2 aromatic carbocycles. The van der Waals surface area contributed by atoms with Gasteiger partial charge in [0.25, 0.3) is 5.69 Å². The van der Waals surface area contributed by atoms with Crippen LogP contribution in [0.1, 0.15) is 32.1 Å². The van der Waals surface area contributed by atoms with E-state index in [0.717, 1.165) is 17.4 Å². The zero-order chi connectivity index (χ0) is 22.0. The third-order valence-electron chi connectivity index (χ3n) is 4.60. The van der Waals surface area contributed by atoms with Crippen LogP contribution in [-0.4, -0.2) is 27.8 Å². The van der Waals surface area contributed by atoms with Crippen molar-refractivity contribution in [3.8, 4) is 5.69 Å². The number of anilines is 1. The second-order valence-electron chi connectivity index (χ2n) is 6.63. The van der Waals surface area contributed by atoms with Gasteiger partial charge in [-0.2, -0.15) is 0 Å². The summed E-state index contributed by atoms with van der Waals surface area (Å²) >= 11 is 6.06. The topological polar surface area (TPSA) is 117 Å². The van der Waals surface area contributed by atoms with Crippen LogP contribution in [-0.2, 0) is 4.74 Å². The average Bonchev–Trinajstić information content (AvgIpc) is 3.00. The first-order chi connectivity index (χ1) is 14.2. The van der Waals surface area contributed by atoms with Crippen LogP contribution < -0.4 is 5.73 Å². The number of ether oxygens (including phenoxy) is 1. The lowest BCUT2D eigenvalue weighted by Crippen LogP contribution is -2.16. The normalized spacial score (nSPS) is 10.6. The highest BCUT2D eigenvalue weighted by Gasteiger charge is 2.21. The number of nitrogens with zero attached hydrogens (tertiary/aromatic N) is 2. The molecule has 0 bridgehead atoms. The number of aryl methyl sites for hydroxylation is 1. The van der Waals surface area contributed by atoms with Gasteiger partial charge in [-0.05, 0) is 44.2 Å². The molecule has 2 N–H and O–H groups in total. The van der Waals surface area contributed by atoms with E-state index < -0.39 is 23.3 Å². The fourth-order valence-corrected chi connectivity index (χ4v) is 3.36. The van der Waals surface area contributed by atoms with Gasteiger partial charge >= 0.3 is 5.97 Å². The molecule has 3 aromatic rings. The van der Waals surface area contributed by atoms with Crippen molar-refractivity contribution in [2.24, 2.45) is 0 Å². The predicted molar refractivity (Wildman–Crippen MR) is 112 cm³/mol. The largest absolute Gasteiger partial charge is 0.454 e. The van der Waals surface area contributed by atoms with Crippen molar-refractivity contribution in [1.82, 2.24) is 4.57 Å². The lowest BCUT2D eigenvalue weighted by molar-refractivity contribution is -0.384. The van der Waals surface area contributed by atoms with Crippen LogP contribution in [0, 0.1) is 24.0 Å². The molecule has 154 valence electrons. The van der Waals surface area contributed by atoms with Crippen molar-refractivity contribution >= 4 is 34.7 Å². The molecule has 30 heavy (non-hydrogen) atoms. The SMILES string of the molecule is Cc1cc(C(=O)COC(=O)c2cc([N+](=O)[O-])ccc2N)c(C)n1-c1cccc(Cl)c1. The van der Waals surface area contributed by atoms with Gasteiger partial charge in [0.2, 0.25) is 5.78 Å². The number of carbonyl (C=O) groups excluding carboxylic acids is 2. The van der Waals surface area contributed by atoms with Crippen LogP contribution in [0.25, 0.3) is 5.69 Å². The second kappa shape index (κ2) is 8.38. The van der Waals surface area contributed by atoms with Crippen LogP contribution in [0.2, 0.25) is 5.02 Å². The van der Waals surface area contributed by atoms with Crippen molar-refractivity contribution in [2.45, 2.75) is 13.8 Å². The van der Waals surface area contributed by atoms with E-state index in [1.165, 1.54) is 12.1 Å². The number of non-ortho nitro benzene ring substituents is 1. The van der Waals surface area contributed by atoms with E-state index in [2.05, 4.69) is 0 Å². The number of esters is 1. The van der Waals surface area contributed by atoms with Gasteiger partial charge in [-0.3, -0.25) is 14.9 Å². The van der Waals surface area contributed by atoms with Crippen molar-refractivity contribution in [3.05, 3.63) is 86.2 Å². The fraction of sp³-hybridized carbons (Fsp3) is 0.143. The Morgan fingerprint density at radius 3 is 2.53 bits per heavy atom. The Morgan fingerprint density at radius 1 is 1.13 bits per heavy atom. The maximum Gasteiger partial charge on any atom is 0.340 e. The number of aromatic nitrogens is 1. The summed E-state index contributed by atoms with van der Waals surface area (Å²) in [4.78, 5) is 35.2. The Hall–Kier alpha value is -3.65. The highest BCUT2D eigenvalue weighted by atomic mass is 35.5. The van der Waals surface area contributed by atoms with Gasteiger partial charge < -0.3 is 15.0 Å².